The van der Waals surface area contributed by atoms with Crippen LogP contribution in [0.1, 0.15) is 30.9 Å². The molecule has 3 rings (SSSR count). The second-order valence-corrected chi connectivity index (χ2v) is 8.07. The first-order valence-electron chi connectivity index (χ1n) is 9.88. The van der Waals surface area contributed by atoms with E-state index in [4.69, 9.17) is 0 Å². The van der Waals surface area contributed by atoms with Crippen LogP contribution in [0.5, 0.6) is 0 Å². The molecule has 160 valence electrons. The number of hydrogen-bond acceptors (Lipinski definition) is 4. The number of anilines is 1. The Balaban J connectivity index is 1.59. The van der Waals surface area contributed by atoms with Gasteiger partial charge in [-0.2, -0.15) is 13.2 Å². The van der Waals surface area contributed by atoms with Crippen LogP contribution >= 0.6 is 15.9 Å². The van der Waals surface area contributed by atoms with Crippen molar-refractivity contribution in [1.29, 1.82) is 0 Å². The molecule has 0 amide bonds. The maximum absolute atomic E-state index is 12.9. The van der Waals surface area contributed by atoms with Crippen molar-refractivity contribution in [3.8, 4) is 0 Å². The van der Waals surface area contributed by atoms with Crippen molar-refractivity contribution in [3.63, 3.8) is 0 Å². The van der Waals surface area contributed by atoms with Crippen LogP contribution < -0.4 is 5.32 Å². The summed E-state index contributed by atoms with van der Waals surface area (Å²) in [6.07, 6.45) is 2.79. The number of nitrogens with zero attached hydrogens (tertiary/aromatic N) is 3. The smallest absolute Gasteiger partial charge is 0.384 e. The highest BCUT2D eigenvalue weighted by Crippen LogP contribution is 2.32. The van der Waals surface area contributed by atoms with E-state index >= 15 is 0 Å². The molecule has 0 aliphatic rings. The van der Waals surface area contributed by atoms with Crippen LogP contribution in [0.25, 0.3) is 10.9 Å². The molecule has 3 aromatic rings. The van der Waals surface area contributed by atoms with Crippen LogP contribution in [0.3, 0.4) is 0 Å². The van der Waals surface area contributed by atoms with Gasteiger partial charge in [-0.25, -0.2) is 0 Å². The van der Waals surface area contributed by atoms with Crippen LogP contribution in [0.2, 0.25) is 0 Å². The first kappa shape index (κ1) is 22.5. The second kappa shape index (κ2) is 10.2. The normalized spacial score (nSPS) is 11.9. The zero-order valence-corrected chi connectivity index (χ0v) is 18.3. The van der Waals surface area contributed by atoms with Gasteiger partial charge >= 0.3 is 6.18 Å². The summed E-state index contributed by atoms with van der Waals surface area (Å²) in [4.78, 5) is 10.7. The predicted molar refractivity (Wildman–Crippen MR) is 117 cm³/mol. The minimum Gasteiger partial charge on any atom is -0.384 e. The molecule has 0 radical (unpaired) electrons. The molecule has 1 N–H and O–H groups in total. The van der Waals surface area contributed by atoms with E-state index in [1.807, 2.05) is 6.20 Å². The Kier molecular flexibility index (Phi) is 7.66. The first-order valence-corrected chi connectivity index (χ1v) is 10.7. The summed E-state index contributed by atoms with van der Waals surface area (Å²) in [5.41, 5.74) is 1.61. The third kappa shape index (κ3) is 6.15. The zero-order chi connectivity index (χ0) is 21.6. The van der Waals surface area contributed by atoms with Gasteiger partial charge in [-0.1, -0.05) is 13.0 Å². The molecule has 0 unspecified atom stereocenters. The Bertz CT molecular complexity index is 978. The number of rotatable bonds is 9. The van der Waals surface area contributed by atoms with E-state index < -0.39 is 11.7 Å². The molecular weight excluding hydrogens is 457 g/mol. The third-order valence-corrected chi connectivity index (χ3v) is 5.18. The van der Waals surface area contributed by atoms with E-state index in [2.05, 4.69) is 49.1 Å². The van der Waals surface area contributed by atoms with Gasteiger partial charge in [0.05, 0.1) is 11.1 Å². The Hall–Kier alpha value is -2.19. The minimum absolute atomic E-state index is 0.338. The molecule has 0 fully saturated rings. The molecule has 0 saturated carbocycles. The average molecular weight is 481 g/mol. The van der Waals surface area contributed by atoms with Gasteiger partial charge in [0.15, 0.2) is 0 Å². The molecule has 0 aliphatic heterocycles. The van der Waals surface area contributed by atoms with E-state index in [-0.39, 0.29) is 0 Å². The number of halogens is 4. The molecule has 2 aromatic heterocycles. The Morgan fingerprint density at radius 2 is 1.93 bits per heavy atom. The van der Waals surface area contributed by atoms with Crippen LogP contribution in [-0.4, -0.2) is 34.5 Å². The lowest BCUT2D eigenvalue weighted by atomic mass is 10.1. The molecule has 2 heterocycles. The van der Waals surface area contributed by atoms with Gasteiger partial charge in [-0.05, 0) is 65.1 Å². The van der Waals surface area contributed by atoms with Crippen LogP contribution in [0.15, 0.2) is 53.4 Å². The van der Waals surface area contributed by atoms with Crippen molar-refractivity contribution in [1.82, 2.24) is 14.9 Å². The molecule has 0 aliphatic carbocycles. The van der Waals surface area contributed by atoms with E-state index in [1.54, 1.807) is 12.3 Å². The van der Waals surface area contributed by atoms with Crippen molar-refractivity contribution in [3.05, 3.63) is 64.5 Å². The Labute approximate surface area is 182 Å². The standard InChI is InChI=1S/C22H24BrF3N4/c1-2-9-30(15-16-11-18(23)14-27-13-16)10-3-7-28-20-6-8-29-21-12-17(22(24,25)26)4-5-19(20)21/h4-6,8,11-14H,2-3,7,9-10,15H2,1H3,(H,28,29). The predicted octanol–water partition coefficient (Wildman–Crippen LogP) is 6.13. The molecule has 4 nitrogen and oxygen atoms in total. The van der Waals surface area contributed by atoms with Crippen molar-refractivity contribution in [2.75, 3.05) is 25.0 Å². The van der Waals surface area contributed by atoms with E-state index in [0.29, 0.717) is 10.9 Å². The van der Waals surface area contributed by atoms with Crippen molar-refractivity contribution in [2.24, 2.45) is 0 Å². The number of fused-ring (bicyclic) bond motifs is 1. The monoisotopic (exact) mass is 480 g/mol. The first-order chi connectivity index (χ1) is 14.4. The SMILES string of the molecule is CCCN(CCCNc1ccnc2cc(C(F)(F)F)ccc12)Cc1cncc(Br)c1. The van der Waals surface area contributed by atoms with Gasteiger partial charge in [0, 0.05) is 53.8 Å². The molecule has 0 spiro atoms. The fraction of sp³-hybridized carbons (Fsp3) is 0.364. The summed E-state index contributed by atoms with van der Waals surface area (Å²) >= 11 is 3.46. The van der Waals surface area contributed by atoms with Gasteiger partial charge in [0.1, 0.15) is 0 Å². The fourth-order valence-electron chi connectivity index (χ4n) is 3.39. The number of benzene rings is 1. The van der Waals surface area contributed by atoms with E-state index in [0.717, 1.165) is 66.9 Å². The highest BCUT2D eigenvalue weighted by atomic mass is 79.9. The molecular formula is C22H24BrF3N4. The van der Waals surface area contributed by atoms with Gasteiger partial charge in [0.25, 0.3) is 0 Å². The summed E-state index contributed by atoms with van der Waals surface area (Å²) < 4.78 is 39.7. The minimum atomic E-state index is -4.37. The van der Waals surface area contributed by atoms with E-state index in [1.165, 1.54) is 12.3 Å². The van der Waals surface area contributed by atoms with Gasteiger partial charge < -0.3 is 5.32 Å². The van der Waals surface area contributed by atoms with Crippen LogP contribution in [0.4, 0.5) is 18.9 Å². The molecule has 30 heavy (non-hydrogen) atoms. The van der Waals surface area contributed by atoms with Crippen molar-refractivity contribution in [2.45, 2.75) is 32.5 Å². The number of alkyl halides is 3. The highest BCUT2D eigenvalue weighted by Gasteiger charge is 2.30. The topological polar surface area (TPSA) is 41.0 Å². The van der Waals surface area contributed by atoms with Crippen molar-refractivity contribution < 1.29 is 13.2 Å². The molecule has 0 bridgehead atoms. The summed E-state index contributed by atoms with van der Waals surface area (Å²) in [5.74, 6) is 0. The summed E-state index contributed by atoms with van der Waals surface area (Å²) in [6, 6.07) is 7.55. The quantitative estimate of drug-likeness (QED) is 0.374. The van der Waals surface area contributed by atoms with Crippen LogP contribution in [-0.2, 0) is 12.7 Å². The third-order valence-electron chi connectivity index (χ3n) is 4.74. The Morgan fingerprint density at radius 3 is 2.67 bits per heavy atom. The lowest BCUT2D eigenvalue weighted by molar-refractivity contribution is -0.137. The Morgan fingerprint density at radius 1 is 1.10 bits per heavy atom. The average Bonchev–Trinajstić information content (AvgIpc) is 2.70. The number of aromatic nitrogens is 2. The van der Waals surface area contributed by atoms with Gasteiger partial charge in [-0.15, -0.1) is 0 Å². The van der Waals surface area contributed by atoms with Crippen molar-refractivity contribution >= 4 is 32.5 Å². The second-order valence-electron chi connectivity index (χ2n) is 7.16. The van der Waals surface area contributed by atoms with Gasteiger partial charge in [-0.3, -0.25) is 14.9 Å². The number of nitrogens with one attached hydrogen (secondary N) is 1. The molecule has 0 saturated heterocycles. The summed E-state index contributed by atoms with van der Waals surface area (Å²) in [6.45, 7) is 5.61. The largest absolute Gasteiger partial charge is 0.416 e. The van der Waals surface area contributed by atoms with Gasteiger partial charge in [0.2, 0.25) is 0 Å². The summed E-state index contributed by atoms with van der Waals surface area (Å²) in [5, 5.41) is 4.04. The number of hydrogen-bond donors (Lipinski definition) is 1. The lowest BCUT2D eigenvalue weighted by Crippen LogP contribution is -2.26. The fourth-order valence-corrected chi connectivity index (χ4v) is 3.80. The number of pyridine rings is 2. The lowest BCUT2D eigenvalue weighted by Gasteiger charge is -2.22. The zero-order valence-electron chi connectivity index (χ0n) is 16.7. The van der Waals surface area contributed by atoms with E-state index in [9.17, 15) is 13.2 Å². The molecule has 8 heteroatoms. The summed E-state index contributed by atoms with van der Waals surface area (Å²) in [7, 11) is 0. The highest BCUT2D eigenvalue weighted by molar-refractivity contribution is 9.10. The molecule has 0 atom stereocenters. The molecule has 1 aromatic carbocycles. The van der Waals surface area contributed by atoms with Crippen LogP contribution in [0, 0.1) is 0 Å². The maximum Gasteiger partial charge on any atom is 0.416 e. The maximum atomic E-state index is 12.9.